The molecule has 8 heteroatoms. The van der Waals surface area contributed by atoms with Crippen LogP contribution in [0.2, 0.25) is 0 Å². The first-order valence-corrected chi connectivity index (χ1v) is 8.22. The zero-order valence-corrected chi connectivity index (χ0v) is 13.2. The van der Waals surface area contributed by atoms with Crippen LogP contribution in [0.4, 0.5) is 18.0 Å². The van der Waals surface area contributed by atoms with Crippen LogP contribution in [0.5, 0.6) is 0 Å². The van der Waals surface area contributed by atoms with Crippen molar-refractivity contribution < 1.29 is 22.8 Å². The van der Waals surface area contributed by atoms with Gasteiger partial charge in [0.05, 0.1) is 0 Å². The molecule has 2 aliphatic rings. The monoisotopic (exact) mass is 335 g/mol. The molecule has 5 nitrogen and oxygen atoms in total. The molecule has 0 bridgehead atoms. The summed E-state index contributed by atoms with van der Waals surface area (Å²) in [5, 5.41) is 1.88. The first kappa shape index (κ1) is 17.9. The molecule has 132 valence electrons. The lowest BCUT2D eigenvalue weighted by Crippen LogP contribution is -2.45. The Morgan fingerprint density at radius 3 is 2.22 bits per heavy atom. The number of urea groups is 1. The van der Waals surface area contributed by atoms with E-state index in [9.17, 15) is 22.8 Å². The van der Waals surface area contributed by atoms with Crippen LogP contribution in [0.3, 0.4) is 0 Å². The maximum Gasteiger partial charge on any atom is 0.405 e. The molecule has 1 aliphatic heterocycles. The summed E-state index contributed by atoms with van der Waals surface area (Å²) < 4.78 is 36.4. The number of carbonyl (C=O) groups is 2. The third kappa shape index (κ3) is 5.91. The summed E-state index contributed by atoms with van der Waals surface area (Å²) in [7, 11) is 0. The first-order chi connectivity index (χ1) is 10.8. The van der Waals surface area contributed by atoms with Crippen molar-refractivity contribution in [2.24, 2.45) is 5.92 Å². The van der Waals surface area contributed by atoms with Gasteiger partial charge in [-0.25, -0.2) is 4.79 Å². The molecule has 0 spiro atoms. The van der Waals surface area contributed by atoms with Gasteiger partial charge in [0.1, 0.15) is 6.54 Å². The highest BCUT2D eigenvalue weighted by atomic mass is 19.4. The zero-order valence-electron chi connectivity index (χ0n) is 13.2. The number of nitrogens with zero attached hydrogens (tertiary/aromatic N) is 2. The number of carbonyl (C=O) groups excluding carboxylic acids is 2. The van der Waals surface area contributed by atoms with E-state index in [4.69, 9.17) is 0 Å². The lowest BCUT2D eigenvalue weighted by atomic mass is 10.0. The Morgan fingerprint density at radius 2 is 1.57 bits per heavy atom. The molecule has 0 aromatic carbocycles. The molecule has 1 saturated heterocycles. The number of amides is 3. The number of hydrogen-bond acceptors (Lipinski definition) is 2. The number of hydrogen-bond donors (Lipinski definition) is 1. The summed E-state index contributed by atoms with van der Waals surface area (Å²) in [5.41, 5.74) is 0. The predicted octanol–water partition coefficient (Wildman–Crippen LogP) is 2.37. The standard InChI is InChI=1S/C15H24F3N3O2/c16-15(17,18)11-19-14(23)21-7-3-6-20(8-9-21)13(22)10-12-4-1-2-5-12/h12H,1-11H2,(H,19,23). The molecular weight excluding hydrogens is 311 g/mol. The molecule has 0 radical (unpaired) electrons. The van der Waals surface area contributed by atoms with Crippen LogP contribution in [0, 0.1) is 5.92 Å². The van der Waals surface area contributed by atoms with Crippen molar-refractivity contribution in [3.63, 3.8) is 0 Å². The van der Waals surface area contributed by atoms with Gasteiger partial charge in [0, 0.05) is 32.6 Å². The Morgan fingerprint density at radius 1 is 0.957 bits per heavy atom. The lowest BCUT2D eigenvalue weighted by molar-refractivity contribution is -0.132. The van der Waals surface area contributed by atoms with Crippen molar-refractivity contribution in [1.82, 2.24) is 15.1 Å². The Hall–Kier alpha value is -1.47. The quantitative estimate of drug-likeness (QED) is 0.861. The average molecular weight is 335 g/mol. The number of alkyl halides is 3. The Labute approximate surface area is 134 Å². The van der Waals surface area contributed by atoms with Gasteiger partial charge in [0.2, 0.25) is 5.91 Å². The van der Waals surface area contributed by atoms with Gasteiger partial charge in [0.15, 0.2) is 0 Å². The highest BCUT2D eigenvalue weighted by Gasteiger charge is 2.30. The van der Waals surface area contributed by atoms with Crippen molar-refractivity contribution in [2.45, 2.75) is 44.7 Å². The van der Waals surface area contributed by atoms with Crippen LogP contribution >= 0.6 is 0 Å². The minimum Gasteiger partial charge on any atom is -0.341 e. The van der Waals surface area contributed by atoms with Crippen molar-refractivity contribution >= 4 is 11.9 Å². The average Bonchev–Trinajstić information content (AvgIpc) is 2.85. The second kappa shape index (κ2) is 7.88. The molecule has 0 aromatic rings. The van der Waals surface area contributed by atoms with Gasteiger partial charge in [-0.2, -0.15) is 13.2 Å². The predicted molar refractivity (Wildman–Crippen MR) is 78.8 cm³/mol. The number of halogens is 3. The molecular formula is C15H24F3N3O2. The van der Waals surface area contributed by atoms with E-state index in [0.717, 1.165) is 12.8 Å². The summed E-state index contributed by atoms with van der Waals surface area (Å²) in [6.07, 6.45) is 1.31. The van der Waals surface area contributed by atoms with E-state index in [2.05, 4.69) is 0 Å². The summed E-state index contributed by atoms with van der Waals surface area (Å²) in [4.78, 5) is 27.2. The van der Waals surface area contributed by atoms with Gasteiger partial charge in [-0.3, -0.25) is 4.79 Å². The van der Waals surface area contributed by atoms with Crippen molar-refractivity contribution in [3.05, 3.63) is 0 Å². The Bertz CT molecular complexity index is 423. The molecule has 2 fully saturated rings. The summed E-state index contributed by atoms with van der Waals surface area (Å²) >= 11 is 0. The molecule has 1 N–H and O–H groups in total. The highest BCUT2D eigenvalue weighted by molar-refractivity contribution is 5.77. The van der Waals surface area contributed by atoms with E-state index >= 15 is 0 Å². The van der Waals surface area contributed by atoms with E-state index < -0.39 is 18.8 Å². The van der Waals surface area contributed by atoms with Gasteiger partial charge in [0.25, 0.3) is 0 Å². The van der Waals surface area contributed by atoms with Crippen LogP contribution < -0.4 is 5.32 Å². The molecule has 1 aliphatic carbocycles. The van der Waals surface area contributed by atoms with Gasteiger partial charge < -0.3 is 15.1 Å². The van der Waals surface area contributed by atoms with Crippen LogP contribution in [-0.2, 0) is 4.79 Å². The van der Waals surface area contributed by atoms with Gasteiger partial charge in [-0.05, 0) is 25.2 Å². The van der Waals surface area contributed by atoms with Gasteiger partial charge in [-0.15, -0.1) is 0 Å². The lowest BCUT2D eigenvalue weighted by Gasteiger charge is -2.23. The second-order valence-electron chi connectivity index (χ2n) is 6.35. The maximum absolute atomic E-state index is 12.3. The van der Waals surface area contributed by atoms with E-state index in [-0.39, 0.29) is 12.5 Å². The van der Waals surface area contributed by atoms with Crippen LogP contribution in [0.15, 0.2) is 0 Å². The van der Waals surface area contributed by atoms with E-state index in [1.807, 2.05) is 5.32 Å². The van der Waals surface area contributed by atoms with Crippen LogP contribution in [0.1, 0.15) is 38.5 Å². The zero-order chi connectivity index (χ0) is 16.9. The topological polar surface area (TPSA) is 52.7 Å². The normalized spacial score (nSPS) is 20.5. The maximum atomic E-state index is 12.3. The van der Waals surface area contributed by atoms with Crippen molar-refractivity contribution in [2.75, 3.05) is 32.7 Å². The molecule has 23 heavy (non-hydrogen) atoms. The Balaban J connectivity index is 1.77. The molecule has 1 saturated carbocycles. The number of rotatable bonds is 3. The summed E-state index contributed by atoms with van der Waals surface area (Å²) in [6.45, 7) is 0.281. The van der Waals surface area contributed by atoms with Crippen LogP contribution in [0.25, 0.3) is 0 Å². The van der Waals surface area contributed by atoms with Gasteiger partial charge >= 0.3 is 12.2 Å². The smallest absolute Gasteiger partial charge is 0.341 e. The fourth-order valence-corrected chi connectivity index (χ4v) is 3.25. The molecule has 3 amide bonds. The Kier molecular flexibility index (Phi) is 6.12. The molecule has 0 unspecified atom stereocenters. The minimum atomic E-state index is -4.41. The minimum absolute atomic E-state index is 0.106. The molecule has 0 atom stereocenters. The van der Waals surface area contributed by atoms with Crippen molar-refractivity contribution in [1.29, 1.82) is 0 Å². The highest BCUT2D eigenvalue weighted by Crippen LogP contribution is 2.28. The number of nitrogens with one attached hydrogen (secondary N) is 1. The molecule has 2 rings (SSSR count). The third-order valence-corrected chi connectivity index (χ3v) is 4.51. The SMILES string of the molecule is O=C(CC1CCCC1)N1CCCN(C(=O)NCC(F)(F)F)CC1. The van der Waals surface area contributed by atoms with E-state index in [1.54, 1.807) is 4.90 Å². The third-order valence-electron chi connectivity index (χ3n) is 4.51. The largest absolute Gasteiger partial charge is 0.405 e. The fourth-order valence-electron chi connectivity index (χ4n) is 3.25. The van der Waals surface area contributed by atoms with Crippen LogP contribution in [-0.4, -0.2) is 60.6 Å². The van der Waals surface area contributed by atoms with Crippen molar-refractivity contribution in [3.8, 4) is 0 Å². The van der Waals surface area contributed by atoms with Gasteiger partial charge in [-0.1, -0.05) is 12.8 Å². The second-order valence-corrected chi connectivity index (χ2v) is 6.35. The fraction of sp³-hybridized carbons (Fsp3) is 0.867. The first-order valence-electron chi connectivity index (χ1n) is 8.22. The van der Waals surface area contributed by atoms with E-state index in [1.165, 1.54) is 17.7 Å². The summed E-state index contributed by atoms with van der Waals surface area (Å²) in [5.74, 6) is 0.575. The molecule has 0 aromatic heterocycles. The molecule has 1 heterocycles. The van der Waals surface area contributed by atoms with E-state index in [0.29, 0.717) is 38.4 Å². The summed E-state index contributed by atoms with van der Waals surface area (Å²) in [6, 6.07) is -0.715.